The highest BCUT2D eigenvalue weighted by atomic mass is 32.2. The van der Waals surface area contributed by atoms with Gasteiger partial charge in [0, 0.05) is 29.7 Å². The molecule has 0 atom stereocenters. The topological polar surface area (TPSA) is 43.6 Å². The normalized spacial score (nSPS) is 11.2. The van der Waals surface area contributed by atoms with E-state index in [1.54, 1.807) is 18.3 Å². The number of rotatable bonds is 2. The van der Waals surface area contributed by atoms with Crippen molar-refractivity contribution in [2.75, 3.05) is 0 Å². The zero-order valence-electron chi connectivity index (χ0n) is 10.5. The Labute approximate surface area is 120 Å². The molecule has 0 fully saturated rings. The van der Waals surface area contributed by atoms with Crippen LogP contribution in [-0.2, 0) is 0 Å². The first-order valence-electron chi connectivity index (χ1n) is 6.22. The van der Waals surface area contributed by atoms with Gasteiger partial charge in [-0.2, -0.15) is 0 Å². The van der Waals surface area contributed by atoms with Gasteiger partial charge in [-0.1, -0.05) is 24.3 Å². The summed E-state index contributed by atoms with van der Waals surface area (Å²) in [6.45, 7) is 0. The minimum absolute atomic E-state index is 0.854. The van der Waals surface area contributed by atoms with Gasteiger partial charge in [0.25, 0.3) is 0 Å². The van der Waals surface area contributed by atoms with Gasteiger partial charge >= 0.3 is 0 Å². The summed E-state index contributed by atoms with van der Waals surface area (Å²) in [5.41, 5.74) is 0.889. The second-order valence-electron chi connectivity index (χ2n) is 4.35. The van der Waals surface area contributed by atoms with Crippen LogP contribution in [0.3, 0.4) is 0 Å². The maximum atomic E-state index is 4.49. The standard InChI is InChI=1S/C15H10N4S/c1-2-5-12-11(4-1)7-8-16-15(12)20-19-9-3-6-13-14(19)18-10-17-13/h1-10H. The van der Waals surface area contributed by atoms with Gasteiger partial charge in [-0.25, -0.2) is 15.0 Å². The summed E-state index contributed by atoms with van der Waals surface area (Å²) < 4.78 is 2.00. The second kappa shape index (κ2) is 4.61. The lowest BCUT2D eigenvalue weighted by atomic mass is 10.2. The molecule has 20 heavy (non-hydrogen) atoms. The average molecular weight is 278 g/mol. The fourth-order valence-electron chi connectivity index (χ4n) is 2.17. The van der Waals surface area contributed by atoms with Crippen LogP contribution in [0.25, 0.3) is 22.3 Å². The van der Waals surface area contributed by atoms with Crippen LogP contribution >= 0.6 is 11.9 Å². The molecule has 0 aliphatic carbocycles. The summed E-state index contributed by atoms with van der Waals surface area (Å²) in [6.07, 6.45) is 5.39. The zero-order chi connectivity index (χ0) is 13.4. The molecule has 3 heterocycles. The van der Waals surface area contributed by atoms with Crippen LogP contribution in [0.2, 0.25) is 0 Å². The molecule has 0 saturated carbocycles. The molecule has 2 aliphatic rings. The molecule has 2 aromatic rings. The van der Waals surface area contributed by atoms with Crippen LogP contribution in [-0.4, -0.2) is 18.9 Å². The highest BCUT2D eigenvalue weighted by molar-refractivity contribution is 7.98. The summed E-state index contributed by atoms with van der Waals surface area (Å²) in [5.74, 6) is 0.854. The minimum atomic E-state index is 0.854. The Bertz CT molecular complexity index is 850. The Balaban J connectivity index is 1.84. The van der Waals surface area contributed by atoms with E-state index in [9.17, 15) is 0 Å². The third kappa shape index (κ3) is 1.83. The molecule has 0 radical (unpaired) electrons. The SMILES string of the molecule is c1ccc2c(Sn3cccc4ncnc3-4)nccc2c1. The Hall–Kier alpha value is -2.40. The summed E-state index contributed by atoms with van der Waals surface area (Å²) in [6, 6.07) is 14.2. The molecular weight excluding hydrogens is 268 g/mol. The molecule has 4 rings (SSSR count). The van der Waals surface area contributed by atoms with Gasteiger partial charge in [-0.05, 0) is 23.6 Å². The van der Waals surface area contributed by atoms with Crippen LogP contribution in [0.15, 0.2) is 66.2 Å². The Morgan fingerprint density at radius 1 is 0.900 bits per heavy atom. The lowest BCUT2D eigenvalue weighted by molar-refractivity contribution is 1.12. The van der Waals surface area contributed by atoms with E-state index in [1.807, 2.05) is 46.7 Å². The maximum Gasteiger partial charge on any atom is 0.170 e. The van der Waals surface area contributed by atoms with E-state index in [1.165, 1.54) is 5.39 Å². The Kier molecular flexibility index (Phi) is 2.63. The number of hydrogen-bond donors (Lipinski definition) is 0. The Morgan fingerprint density at radius 3 is 2.85 bits per heavy atom. The number of pyridine rings is 2. The lowest BCUT2D eigenvalue weighted by Crippen LogP contribution is -1.96. The average Bonchev–Trinajstić information content (AvgIpc) is 2.97. The molecule has 0 saturated heterocycles. The van der Waals surface area contributed by atoms with Gasteiger partial charge in [0.05, 0.1) is 0 Å². The summed E-state index contributed by atoms with van der Waals surface area (Å²) in [5, 5.41) is 3.29. The van der Waals surface area contributed by atoms with E-state index in [4.69, 9.17) is 0 Å². The molecule has 0 unspecified atom stereocenters. The van der Waals surface area contributed by atoms with Crippen molar-refractivity contribution < 1.29 is 0 Å². The van der Waals surface area contributed by atoms with E-state index in [0.29, 0.717) is 0 Å². The van der Waals surface area contributed by atoms with Gasteiger partial charge < -0.3 is 0 Å². The van der Waals surface area contributed by atoms with Gasteiger partial charge in [0.15, 0.2) is 5.82 Å². The predicted octanol–water partition coefficient (Wildman–Crippen LogP) is 3.49. The number of fused-ring (bicyclic) bond motifs is 2. The highest BCUT2D eigenvalue weighted by Gasteiger charge is 2.11. The summed E-state index contributed by atoms with van der Waals surface area (Å²) in [4.78, 5) is 13.0. The monoisotopic (exact) mass is 278 g/mol. The van der Waals surface area contributed by atoms with Gasteiger partial charge in [0.2, 0.25) is 0 Å². The number of nitrogens with zero attached hydrogens (tertiary/aromatic N) is 4. The van der Waals surface area contributed by atoms with Crippen LogP contribution in [0.4, 0.5) is 0 Å². The van der Waals surface area contributed by atoms with Crippen molar-refractivity contribution in [1.82, 2.24) is 18.9 Å². The second-order valence-corrected chi connectivity index (χ2v) is 5.31. The molecule has 4 nitrogen and oxygen atoms in total. The van der Waals surface area contributed by atoms with E-state index < -0.39 is 0 Å². The van der Waals surface area contributed by atoms with E-state index >= 15 is 0 Å². The van der Waals surface area contributed by atoms with Crippen molar-refractivity contribution in [3.05, 3.63) is 61.2 Å². The maximum absolute atomic E-state index is 4.49. The predicted molar refractivity (Wildman–Crippen MR) is 79.6 cm³/mol. The van der Waals surface area contributed by atoms with Crippen molar-refractivity contribution in [1.29, 1.82) is 0 Å². The van der Waals surface area contributed by atoms with Crippen molar-refractivity contribution in [3.63, 3.8) is 0 Å². The molecular formula is C15H10N4S. The van der Waals surface area contributed by atoms with Crippen molar-refractivity contribution in [2.45, 2.75) is 5.03 Å². The van der Waals surface area contributed by atoms with Crippen LogP contribution < -0.4 is 0 Å². The van der Waals surface area contributed by atoms with Gasteiger partial charge in [-0.15, -0.1) is 0 Å². The van der Waals surface area contributed by atoms with Gasteiger partial charge in [-0.3, -0.25) is 3.97 Å². The first-order chi connectivity index (χ1) is 9.92. The molecule has 1 aromatic heterocycles. The van der Waals surface area contributed by atoms with Crippen molar-refractivity contribution in [2.24, 2.45) is 0 Å². The third-order valence-corrected chi connectivity index (χ3v) is 4.10. The fraction of sp³-hybridized carbons (Fsp3) is 0. The minimum Gasteiger partial charge on any atom is -0.268 e. The molecule has 0 bridgehead atoms. The third-order valence-electron chi connectivity index (χ3n) is 3.11. The molecule has 5 heteroatoms. The number of benzene rings is 1. The molecule has 1 aromatic carbocycles. The van der Waals surface area contributed by atoms with E-state index in [-0.39, 0.29) is 0 Å². The highest BCUT2D eigenvalue weighted by Crippen LogP contribution is 2.30. The quantitative estimate of drug-likeness (QED) is 0.563. The van der Waals surface area contributed by atoms with Crippen molar-refractivity contribution >= 4 is 22.7 Å². The van der Waals surface area contributed by atoms with E-state index in [0.717, 1.165) is 21.9 Å². The summed E-state index contributed by atoms with van der Waals surface area (Å²) >= 11 is 1.55. The lowest BCUT2D eigenvalue weighted by Gasteiger charge is -2.10. The number of hydrogen-bond acceptors (Lipinski definition) is 4. The Morgan fingerprint density at radius 2 is 1.85 bits per heavy atom. The van der Waals surface area contributed by atoms with E-state index in [2.05, 4.69) is 27.1 Å². The van der Waals surface area contributed by atoms with Crippen LogP contribution in [0, 0.1) is 0 Å². The number of imidazole rings is 1. The first-order valence-corrected chi connectivity index (χ1v) is 6.99. The number of aromatic nitrogens is 4. The van der Waals surface area contributed by atoms with Crippen molar-refractivity contribution in [3.8, 4) is 11.5 Å². The van der Waals surface area contributed by atoms with Crippen LogP contribution in [0.1, 0.15) is 0 Å². The fourth-order valence-corrected chi connectivity index (χ4v) is 3.11. The summed E-state index contributed by atoms with van der Waals surface area (Å²) in [7, 11) is 0. The molecule has 2 aliphatic heterocycles. The smallest absolute Gasteiger partial charge is 0.170 e. The largest absolute Gasteiger partial charge is 0.268 e. The molecule has 0 spiro atoms. The molecule has 0 amide bonds. The first kappa shape index (κ1) is 11.4. The zero-order valence-corrected chi connectivity index (χ0v) is 11.3. The molecule has 96 valence electrons. The molecule has 0 N–H and O–H groups in total. The van der Waals surface area contributed by atoms with Gasteiger partial charge in [0.1, 0.15) is 17.0 Å². The van der Waals surface area contributed by atoms with Crippen LogP contribution in [0.5, 0.6) is 0 Å².